The third-order valence-electron chi connectivity index (χ3n) is 3.19. The third-order valence-corrected chi connectivity index (χ3v) is 3.19. The minimum absolute atomic E-state index is 0.0592. The van der Waals surface area contributed by atoms with Crippen molar-refractivity contribution in [3.05, 3.63) is 60.3 Å². The molecule has 0 saturated carbocycles. The lowest BCUT2D eigenvalue weighted by Crippen LogP contribution is -2.21. The molecule has 0 aliphatic rings. The Balaban J connectivity index is 2.04. The number of H-pyrrole nitrogens is 1. The molecule has 0 atom stereocenters. The van der Waals surface area contributed by atoms with Crippen molar-refractivity contribution in [2.75, 3.05) is 0 Å². The molecular formula is C16H15N5. The molecule has 1 aromatic heterocycles. The first-order valence-electron chi connectivity index (χ1n) is 6.52. The summed E-state index contributed by atoms with van der Waals surface area (Å²) in [5, 5.41) is 8.55. The van der Waals surface area contributed by atoms with Crippen molar-refractivity contribution in [2.45, 2.75) is 0 Å². The Hall–Kier alpha value is -3.08. The summed E-state index contributed by atoms with van der Waals surface area (Å²) in [7, 11) is 0. The second kappa shape index (κ2) is 5.50. The maximum Gasteiger partial charge on any atom is 0.211 e. The number of nitrogens with one attached hydrogen (secondary N) is 1. The van der Waals surface area contributed by atoms with Crippen molar-refractivity contribution < 1.29 is 0 Å². The Bertz CT molecular complexity index is 811. The maximum absolute atomic E-state index is 5.25. The number of hydrogen-bond acceptors (Lipinski definition) is 2. The predicted octanol–water partition coefficient (Wildman–Crippen LogP) is 2.44. The lowest BCUT2D eigenvalue weighted by Gasteiger charge is -2.02. The number of benzene rings is 2. The minimum Gasteiger partial charge on any atom is -0.369 e. The highest BCUT2D eigenvalue weighted by atomic mass is 15.3. The van der Waals surface area contributed by atoms with E-state index in [9.17, 15) is 0 Å². The average molecular weight is 277 g/mol. The Morgan fingerprint density at radius 1 is 1.00 bits per heavy atom. The van der Waals surface area contributed by atoms with Crippen LogP contribution in [0, 0.1) is 0 Å². The number of aromatic amines is 1. The predicted molar refractivity (Wildman–Crippen MR) is 87.1 cm³/mol. The van der Waals surface area contributed by atoms with Gasteiger partial charge in [0.2, 0.25) is 5.96 Å². The minimum atomic E-state index is -0.0592. The van der Waals surface area contributed by atoms with E-state index in [0.717, 1.165) is 22.0 Å². The maximum atomic E-state index is 5.25. The number of fused-ring (bicyclic) bond motifs is 1. The Morgan fingerprint density at radius 2 is 1.81 bits per heavy atom. The summed E-state index contributed by atoms with van der Waals surface area (Å²) in [6.07, 6.45) is 3.51. The van der Waals surface area contributed by atoms with Gasteiger partial charge in [0.05, 0.1) is 6.21 Å². The van der Waals surface area contributed by atoms with Crippen LogP contribution in [0.15, 0.2) is 64.9 Å². The molecule has 104 valence electrons. The van der Waals surface area contributed by atoms with Gasteiger partial charge in [0.25, 0.3) is 0 Å². The number of hydrogen-bond donors (Lipinski definition) is 3. The van der Waals surface area contributed by atoms with Crippen molar-refractivity contribution in [1.82, 2.24) is 4.98 Å². The first-order valence-corrected chi connectivity index (χ1v) is 6.52. The van der Waals surface area contributed by atoms with Crippen LogP contribution in [0.1, 0.15) is 5.56 Å². The molecule has 0 aliphatic carbocycles. The monoisotopic (exact) mass is 277 g/mol. The summed E-state index contributed by atoms with van der Waals surface area (Å²) in [4.78, 5) is 3.20. The van der Waals surface area contributed by atoms with Gasteiger partial charge in [-0.15, -0.1) is 5.10 Å². The second-order valence-electron chi connectivity index (χ2n) is 4.64. The van der Waals surface area contributed by atoms with Gasteiger partial charge in [0.1, 0.15) is 0 Å². The molecule has 0 saturated heterocycles. The van der Waals surface area contributed by atoms with Crippen LogP contribution in [-0.2, 0) is 0 Å². The second-order valence-corrected chi connectivity index (χ2v) is 4.64. The fourth-order valence-corrected chi connectivity index (χ4v) is 2.22. The van der Waals surface area contributed by atoms with Crippen LogP contribution in [-0.4, -0.2) is 17.2 Å². The van der Waals surface area contributed by atoms with Gasteiger partial charge in [-0.2, -0.15) is 5.10 Å². The Labute approximate surface area is 122 Å². The third kappa shape index (κ3) is 2.76. The van der Waals surface area contributed by atoms with Crippen LogP contribution < -0.4 is 11.5 Å². The van der Waals surface area contributed by atoms with Crippen molar-refractivity contribution in [3.63, 3.8) is 0 Å². The van der Waals surface area contributed by atoms with E-state index in [1.807, 2.05) is 24.4 Å². The first kappa shape index (κ1) is 12.9. The van der Waals surface area contributed by atoms with E-state index >= 15 is 0 Å². The smallest absolute Gasteiger partial charge is 0.211 e. The van der Waals surface area contributed by atoms with Crippen molar-refractivity contribution in [2.24, 2.45) is 21.7 Å². The Morgan fingerprint density at radius 3 is 2.57 bits per heavy atom. The van der Waals surface area contributed by atoms with Crippen LogP contribution in [0.5, 0.6) is 0 Å². The number of guanidine groups is 1. The van der Waals surface area contributed by atoms with Gasteiger partial charge < -0.3 is 16.5 Å². The zero-order valence-electron chi connectivity index (χ0n) is 11.3. The van der Waals surface area contributed by atoms with Gasteiger partial charge >= 0.3 is 0 Å². The van der Waals surface area contributed by atoms with Gasteiger partial charge in [0.15, 0.2) is 0 Å². The van der Waals surface area contributed by atoms with Gasteiger partial charge in [-0.3, -0.25) is 0 Å². The SMILES string of the molecule is NC(N)=N/N=C\c1c[nH]c2ccc(-c3ccccc3)cc12. The zero-order chi connectivity index (χ0) is 14.7. The molecule has 0 bridgehead atoms. The molecule has 5 N–H and O–H groups in total. The molecule has 3 rings (SSSR count). The molecule has 5 nitrogen and oxygen atoms in total. The quantitative estimate of drug-likeness (QED) is 0.390. The molecule has 2 aromatic carbocycles. The van der Waals surface area contributed by atoms with E-state index in [0.29, 0.717) is 0 Å². The van der Waals surface area contributed by atoms with Crippen molar-refractivity contribution >= 4 is 23.1 Å². The molecule has 0 fully saturated rings. The number of rotatable bonds is 3. The van der Waals surface area contributed by atoms with Crippen LogP contribution in [0.3, 0.4) is 0 Å². The summed E-state index contributed by atoms with van der Waals surface area (Å²) in [5.74, 6) is -0.0592. The highest BCUT2D eigenvalue weighted by molar-refractivity contribution is 6.00. The lowest BCUT2D eigenvalue weighted by atomic mass is 10.0. The summed E-state index contributed by atoms with van der Waals surface area (Å²) < 4.78 is 0. The van der Waals surface area contributed by atoms with Gasteiger partial charge in [-0.05, 0) is 23.3 Å². The van der Waals surface area contributed by atoms with Crippen molar-refractivity contribution in [1.29, 1.82) is 0 Å². The lowest BCUT2D eigenvalue weighted by molar-refractivity contribution is 1.22. The molecule has 0 aliphatic heterocycles. The molecule has 0 amide bonds. The van der Waals surface area contributed by atoms with E-state index in [1.54, 1.807) is 6.21 Å². The molecule has 21 heavy (non-hydrogen) atoms. The van der Waals surface area contributed by atoms with Crippen LogP contribution in [0.4, 0.5) is 0 Å². The van der Waals surface area contributed by atoms with Crippen LogP contribution in [0.25, 0.3) is 22.0 Å². The molecule has 0 spiro atoms. The molecule has 5 heteroatoms. The highest BCUT2D eigenvalue weighted by Crippen LogP contribution is 2.25. The number of nitrogens with zero attached hydrogens (tertiary/aromatic N) is 2. The van der Waals surface area contributed by atoms with E-state index in [2.05, 4.69) is 45.5 Å². The fraction of sp³-hybridized carbons (Fsp3) is 0. The van der Waals surface area contributed by atoms with Crippen molar-refractivity contribution in [3.8, 4) is 11.1 Å². The van der Waals surface area contributed by atoms with E-state index in [-0.39, 0.29) is 5.96 Å². The van der Waals surface area contributed by atoms with Gasteiger partial charge in [-0.1, -0.05) is 36.4 Å². The highest BCUT2D eigenvalue weighted by Gasteiger charge is 2.04. The van der Waals surface area contributed by atoms with Gasteiger partial charge in [0, 0.05) is 22.7 Å². The topological polar surface area (TPSA) is 92.6 Å². The average Bonchev–Trinajstić information content (AvgIpc) is 2.90. The normalized spacial score (nSPS) is 11.0. The van der Waals surface area contributed by atoms with E-state index in [1.165, 1.54) is 5.56 Å². The number of nitrogens with two attached hydrogens (primary N) is 2. The van der Waals surface area contributed by atoms with Crippen LogP contribution in [0.2, 0.25) is 0 Å². The Kier molecular flexibility index (Phi) is 3.39. The fourth-order valence-electron chi connectivity index (χ4n) is 2.22. The molecule has 3 aromatic rings. The first-order chi connectivity index (χ1) is 10.2. The van der Waals surface area contributed by atoms with E-state index < -0.39 is 0 Å². The number of aromatic nitrogens is 1. The molecule has 0 unspecified atom stereocenters. The standard InChI is InChI=1S/C16H15N5/c17-16(18)21-20-10-13-9-19-15-7-6-12(8-14(13)15)11-4-2-1-3-5-11/h1-10,19H,(H4,17,18,21)/b20-10-. The molecule has 1 heterocycles. The summed E-state index contributed by atoms with van der Waals surface area (Å²) in [5.41, 5.74) is 14.8. The zero-order valence-corrected chi connectivity index (χ0v) is 11.3. The molecule has 0 radical (unpaired) electrons. The van der Waals surface area contributed by atoms with E-state index in [4.69, 9.17) is 11.5 Å². The summed E-state index contributed by atoms with van der Waals surface area (Å²) in [6.45, 7) is 0. The summed E-state index contributed by atoms with van der Waals surface area (Å²) >= 11 is 0. The summed E-state index contributed by atoms with van der Waals surface area (Å²) in [6, 6.07) is 16.5. The largest absolute Gasteiger partial charge is 0.369 e. The molecular weight excluding hydrogens is 262 g/mol. The van der Waals surface area contributed by atoms with Crippen LogP contribution >= 0.6 is 0 Å². The van der Waals surface area contributed by atoms with Gasteiger partial charge in [-0.25, -0.2) is 0 Å².